The van der Waals surface area contributed by atoms with Crippen LogP contribution in [0.2, 0.25) is 5.28 Å². The maximum absolute atomic E-state index is 12.9. The molecule has 100 valence electrons. The quantitative estimate of drug-likeness (QED) is 0.884. The Kier molecular flexibility index (Phi) is 3.68. The summed E-state index contributed by atoms with van der Waals surface area (Å²) in [4.78, 5) is 7.07. The van der Waals surface area contributed by atoms with E-state index >= 15 is 0 Å². The molecule has 0 aliphatic rings. The third-order valence-corrected chi connectivity index (χ3v) is 3.85. The number of benzene rings is 1. The van der Waals surface area contributed by atoms with Gasteiger partial charge in [-0.1, -0.05) is 0 Å². The molecule has 0 bridgehead atoms. The molecule has 0 spiro atoms. The summed E-state index contributed by atoms with van der Waals surface area (Å²) in [5.41, 5.74) is 0.759. The Morgan fingerprint density at radius 3 is 2.47 bits per heavy atom. The number of sulfonamides is 1. The van der Waals surface area contributed by atoms with E-state index in [0.717, 1.165) is 12.4 Å². The van der Waals surface area contributed by atoms with Crippen LogP contribution < -0.4 is 4.72 Å². The number of halogens is 2. The van der Waals surface area contributed by atoms with E-state index < -0.39 is 15.8 Å². The highest BCUT2D eigenvalue weighted by molar-refractivity contribution is 7.92. The van der Waals surface area contributed by atoms with E-state index in [1.54, 1.807) is 6.92 Å². The van der Waals surface area contributed by atoms with Crippen molar-refractivity contribution in [3.63, 3.8) is 0 Å². The molecule has 0 aliphatic heterocycles. The van der Waals surface area contributed by atoms with Gasteiger partial charge in [-0.05, 0) is 42.3 Å². The van der Waals surface area contributed by atoms with E-state index in [9.17, 15) is 12.8 Å². The Balaban J connectivity index is 2.33. The van der Waals surface area contributed by atoms with Gasteiger partial charge in [-0.3, -0.25) is 4.72 Å². The van der Waals surface area contributed by atoms with Crippen LogP contribution in [-0.4, -0.2) is 18.4 Å². The van der Waals surface area contributed by atoms with Crippen molar-refractivity contribution in [2.75, 3.05) is 4.72 Å². The van der Waals surface area contributed by atoms with Crippen molar-refractivity contribution in [3.05, 3.63) is 47.3 Å². The minimum atomic E-state index is -3.82. The summed E-state index contributed by atoms with van der Waals surface area (Å²) in [6.45, 7) is 1.60. The van der Waals surface area contributed by atoms with Gasteiger partial charge in [0.05, 0.1) is 18.1 Å². The molecule has 0 saturated carbocycles. The van der Waals surface area contributed by atoms with Gasteiger partial charge >= 0.3 is 0 Å². The van der Waals surface area contributed by atoms with E-state index in [0.29, 0.717) is 5.56 Å². The van der Waals surface area contributed by atoms with Crippen molar-refractivity contribution in [2.24, 2.45) is 0 Å². The lowest BCUT2D eigenvalue weighted by Crippen LogP contribution is -2.14. The molecule has 19 heavy (non-hydrogen) atoms. The summed E-state index contributed by atoms with van der Waals surface area (Å²) in [7, 11) is -3.82. The van der Waals surface area contributed by atoms with Crippen molar-refractivity contribution < 1.29 is 12.8 Å². The minimum absolute atomic E-state index is 0.0445. The topological polar surface area (TPSA) is 72.0 Å². The lowest BCUT2D eigenvalue weighted by atomic mass is 10.2. The SMILES string of the molecule is Cc1cc(F)ccc1NS(=O)(=O)c1cnc(Cl)nc1. The first kappa shape index (κ1) is 13.7. The molecule has 2 rings (SSSR count). The summed E-state index contributed by atoms with van der Waals surface area (Å²) in [6, 6.07) is 3.75. The largest absolute Gasteiger partial charge is 0.279 e. The van der Waals surface area contributed by atoms with Crippen LogP contribution in [0, 0.1) is 12.7 Å². The maximum Gasteiger partial charge on any atom is 0.264 e. The molecule has 2 aromatic rings. The molecule has 0 fully saturated rings. The zero-order valence-corrected chi connectivity index (χ0v) is 11.3. The van der Waals surface area contributed by atoms with E-state index in [2.05, 4.69) is 14.7 Å². The Bertz CT molecular complexity index is 704. The monoisotopic (exact) mass is 301 g/mol. The average molecular weight is 302 g/mol. The Labute approximate surface area is 114 Å². The van der Waals surface area contributed by atoms with Gasteiger partial charge in [-0.15, -0.1) is 0 Å². The number of hydrogen-bond acceptors (Lipinski definition) is 4. The van der Waals surface area contributed by atoms with Crippen LogP contribution in [0.5, 0.6) is 0 Å². The molecule has 0 saturated heterocycles. The molecule has 8 heteroatoms. The number of anilines is 1. The highest BCUT2D eigenvalue weighted by Crippen LogP contribution is 2.20. The molecule has 0 atom stereocenters. The summed E-state index contributed by atoms with van der Waals surface area (Å²) >= 11 is 5.49. The number of rotatable bonds is 3. The Morgan fingerprint density at radius 1 is 1.26 bits per heavy atom. The van der Waals surface area contributed by atoms with Crippen molar-refractivity contribution in [1.29, 1.82) is 0 Å². The molecular formula is C11H9ClFN3O2S. The van der Waals surface area contributed by atoms with Crippen LogP contribution in [0.15, 0.2) is 35.5 Å². The maximum atomic E-state index is 12.9. The second-order valence-corrected chi connectivity index (χ2v) is 5.77. The predicted molar refractivity (Wildman–Crippen MR) is 69.0 cm³/mol. The van der Waals surface area contributed by atoms with Gasteiger partial charge in [0.25, 0.3) is 10.0 Å². The van der Waals surface area contributed by atoms with Gasteiger partial charge in [-0.2, -0.15) is 0 Å². The van der Waals surface area contributed by atoms with Crippen LogP contribution in [0.1, 0.15) is 5.56 Å². The molecule has 0 aliphatic carbocycles. The van der Waals surface area contributed by atoms with E-state index in [1.807, 2.05) is 0 Å². The molecule has 5 nitrogen and oxygen atoms in total. The van der Waals surface area contributed by atoms with E-state index in [4.69, 9.17) is 11.6 Å². The highest BCUT2D eigenvalue weighted by atomic mass is 35.5. The van der Waals surface area contributed by atoms with Gasteiger partial charge in [0.1, 0.15) is 10.7 Å². The van der Waals surface area contributed by atoms with Crippen molar-refractivity contribution in [1.82, 2.24) is 9.97 Å². The third-order valence-electron chi connectivity index (χ3n) is 2.34. The van der Waals surface area contributed by atoms with Gasteiger partial charge in [-0.25, -0.2) is 22.8 Å². The smallest absolute Gasteiger partial charge is 0.264 e. The van der Waals surface area contributed by atoms with Crippen molar-refractivity contribution in [3.8, 4) is 0 Å². The molecule has 1 N–H and O–H groups in total. The molecule has 1 aromatic heterocycles. The van der Waals surface area contributed by atoms with Gasteiger partial charge in [0, 0.05) is 0 Å². The lowest BCUT2D eigenvalue weighted by Gasteiger charge is -2.10. The summed E-state index contributed by atoms with van der Waals surface area (Å²) in [5.74, 6) is -0.435. The summed E-state index contributed by atoms with van der Waals surface area (Å²) < 4.78 is 39.3. The summed E-state index contributed by atoms with van der Waals surface area (Å²) in [6.07, 6.45) is 2.19. The van der Waals surface area contributed by atoms with Gasteiger partial charge in [0.2, 0.25) is 5.28 Å². The zero-order chi connectivity index (χ0) is 14.0. The van der Waals surface area contributed by atoms with Crippen LogP contribution in [0.25, 0.3) is 0 Å². The van der Waals surface area contributed by atoms with Gasteiger partial charge < -0.3 is 0 Å². The van der Waals surface area contributed by atoms with E-state index in [1.165, 1.54) is 18.2 Å². The predicted octanol–water partition coefficient (Wildman–Crippen LogP) is 2.38. The lowest BCUT2D eigenvalue weighted by molar-refractivity contribution is 0.600. The number of aryl methyl sites for hydroxylation is 1. The molecule has 0 unspecified atom stereocenters. The molecule has 1 heterocycles. The molecule has 0 amide bonds. The Hall–Kier alpha value is -1.73. The third kappa shape index (κ3) is 3.18. The fourth-order valence-corrected chi connectivity index (χ4v) is 2.50. The van der Waals surface area contributed by atoms with E-state index in [-0.39, 0.29) is 15.9 Å². The van der Waals surface area contributed by atoms with Crippen molar-refractivity contribution >= 4 is 27.3 Å². The number of hydrogen-bond donors (Lipinski definition) is 1. The van der Waals surface area contributed by atoms with Crippen LogP contribution in [-0.2, 0) is 10.0 Å². The number of nitrogens with one attached hydrogen (secondary N) is 1. The average Bonchev–Trinajstić information content (AvgIpc) is 2.33. The first-order valence-electron chi connectivity index (χ1n) is 5.15. The fraction of sp³-hybridized carbons (Fsp3) is 0.0909. The number of nitrogens with zero attached hydrogens (tertiary/aromatic N) is 2. The Morgan fingerprint density at radius 2 is 1.89 bits per heavy atom. The number of aromatic nitrogens is 2. The van der Waals surface area contributed by atoms with Crippen LogP contribution >= 0.6 is 11.6 Å². The van der Waals surface area contributed by atoms with Gasteiger partial charge in [0.15, 0.2) is 0 Å². The zero-order valence-electron chi connectivity index (χ0n) is 9.76. The minimum Gasteiger partial charge on any atom is -0.279 e. The second kappa shape index (κ2) is 5.10. The van der Waals surface area contributed by atoms with Crippen LogP contribution in [0.4, 0.5) is 10.1 Å². The van der Waals surface area contributed by atoms with Crippen molar-refractivity contribution in [2.45, 2.75) is 11.8 Å². The normalized spacial score (nSPS) is 11.3. The second-order valence-electron chi connectivity index (χ2n) is 3.75. The highest BCUT2D eigenvalue weighted by Gasteiger charge is 2.16. The molecule has 0 radical (unpaired) electrons. The fourth-order valence-electron chi connectivity index (χ4n) is 1.38. The van der Waals surface area contributed by atoms with Crippen LogP contribution in [0.3, 0.4) is 0 Å². The summed E-state index contributed by atoms with van der Waals surface area (Å²) in [5, 5.41) is -0.0445. The first-order valence-corrected chi connectivity index (χ1v) is 7.01. The first-order chi connectivity index (χ1) is 8.88. The standard InChI is InChI=1S/C11H9ClFN3O2S/c1-7-4-8(13)2-3-10(7)16-19(17,18)9-5-14-11(12)15-6-9/h2-6,16H,1H3. The molecule has 1 aromatic carbocycles. The molecular weight excluding hydrogens is 293 g/mol.